The highest BCUT2D eigenvalue weighted by Crippen LogP contribution is 2.06. The lowest BCUT2D eigenvalue weighted by atomic mass is 11.0. The summed E-state index contributed by atoms with van der Waals surface area (Å²) in [6.07, 6.45) is 2.20. The summed E-state index contributed by atoms with van der Waals surface area (Å²) in [6.45, 7) is 0. The number of nitrogens with zero attached hydrogens (tertiary/aromatic N) is 2. The first-order valence-electron chi connectivity index (χ1n) is 2.18. The molecule has 56 valence electrons. The topological polar surface area (TPSA) is 72.2 Å². The van der Waals surface area contributed by atoms with Crippen LogP contribution >= 0.6 is 11.6 Å². The van der Waals surface area contributed by atoms with Gasteiger partial charge in [0.05, 0.1) is 0 Å². The molecule has 0 aliphatic heterocycles. The highest BCUT2D eigenvalue weighted by Gasteiger charge is 2.10. The predicted octanol–water partition coefficient (Wildman–Crippen LogP) is 0.187. The van der Waals surface area contributed by atoms with Gasteiger partial charge in [-0.1, -0.05) is 0 Å². The number of halogens is 1. The Morgan fingerprint density at radius 3 is 2.50 bits per heavy atom. The normalized spacial score (nSPS) is 11.8. The van der Waals surface area contributed by atoms with Crippen molar-refractivity contribution >= 4 is 21.9 Å². The minimum atomic E-state index is -4.27. The molecule has 1 rings (SSSR count). The van der Waals surface area contributed by atoms with Crippen molar-refractivity contribution in [2.75, 3.05) is 0 Å². The van der Waals surface area contributed by atoms with Gasteiger partial charge < -0.3 is 0 Å². The van der Waals surface area contributed by atoms with Crippen LogP contribution < -0.4 is 0 Å². The molecule has 0 saturated carbocycles. The highest BCUT2D eigenvalue weighted by atomic mass is 35.5. The van der Waals surface area contributed by atoms with Gasteiger partial charge in [-0.2, -0.15) is 12.4 Å². The van der Waals surface area contributed by atoms with Crippen molar-refractivity contribution in [1.82, 2.24) is 8.96 Å². The molecule has 1 heterocycles. The lowest BCUT2D eigenvalue weighted by Gasteiger charge is -1.94. The fraction of sp³-hybridized carbons (Fsp3) is 0. The summed E-state index contributed by atoms with van der Waals surface area (Å²) in [6, 6.07) is 0. The smallest absolute Gasteiger partial charge is 0.269 e. The van der Waals surface area contributed by atoms with Crippen molar-refractivity contribution < 1.29 is 13.0 Å². The van der Waals surface area contributed by atoms with E-state index in [9.17, 15) is 8.42 Å². The van der Waals surface area contributed by atoms with Gasteiger partial charge in [0.2, 0.25) is 5.28 Å². The van der Waals surface area contributed by atoms with Crippen LogP contribution in [0.3, 0.4) is 0 Å². The van der Waals surface area contributed by atoms with E-state index in [0.717, 1.165) is 12.4 Å². The van der Waals surface area contributed by atoms with Gasteiger partial charge in [0.1, 0.15) is 0 Å². The summed E-state index contributed by atoms with van der Waals surface area (Å²) in [5.41, 5.74) is 0. The maximum atomic E-state index is 10.3. The zero-order valence-electron chi connectivity index (χ0n) is 4.60. The van der Waals surface area contributed by atoms with Crippen LogP contribution in [-0.4, -0.2) is 21.9 Å². The van der Waals surface area contributed by atoms with Gasteiger partial charge >= 0.3 is 10.3 Å². The van der Waals surface area contributed by atoms with Crippen molar-refractivity contribution in [1.29, 1.82) is 0 Å². The molecule has 7 heteroatoms. The van der Waals surface area contributed by atoms with Crippen LogP contribution in [0, 0.1) is 0 Å². The quantitative estimate of drug-likeness (QED) is 0.630. The van der Waals surface area contributed by atoms with Crippen molar-refractivity contribution in [2.24, 2.45) is 0 Å². The fourth-order valence-corrected chi connectivity index (χ4v) is 1.27. The Kier molecular flexibility index (Phi) is 1.67. The molecule has 0 bridgehead atoms. The van der Waals surface area contributed by atoms with Gasteiger partial charge in [-0.3, -0.25) is 4.55 Å². The number of aromatic nitrogens is 2. The van der Waals surface area contributed by atoms with E-state index < -0.39 is 10.3 Å². The summed E-state index contributed by atoms with van der Waals surface area (Å²) in [7, 11) is -4.27. The SMILES string of the molecule is O=S(=O)(O)n1ccnc1Cl. The Balaban J connectivity index is 3.32. The van der Waals surface area contributed by atoms with Gasteiger partial charge in [0.15, 0.2) is 0 Å². The third kappa shape index (κ3) is 1.28. The highest BCUT2D eigenvalue weighted by molar-refractivity contribution is 7.84. The molecule has 1 aromatic rings. The van der Waals surface area contributed by atoms with Crippen LogP contribution in [0.25, 0.3) is 0 Å². The number of hydrogen-bond acceptors (Lipinski definition) is 3. The Bertz CT molecular complexity index is 329. The van der Waals surface area contributed by atoms with Crippen LogP contribution in [0.1, 0.15) is 0 Å². The first-order chi connectivity index (χ1) is 4.52. The maximum absolute atomic E-state index is 10.3. The monoisotopic (exact) mass is 182 g/mol. The maximum Gasteiger partial charge on any atom is 0.365 e. The average Bonchev–Trinajstić information content (AvgIpc) is 2.11. The molecular weight excluding hydrogens is 180 g/mol. The first-order valence-corrected chi connectivity index (χ1v) is 3.96. The van der Waals surface area contributed by atoms with Gasteiger partial charge in [-0.05, 0) is 11.6 Å². The van der Waals surface area contributed by atoms with Gasteiger partial charge in [0.25, 0.3) is 0 Å². The average molecular weight is 183 g/mol. The van der Waals surface area contributed by atoms with E-state index in [2.05, 4.69) is 4.98 Å². The van der Waals surface area contributed by atoms with E-state index in [0.29, 0.717) is 3.97 Å². The van der Waals surface area contributed by atoms with Gasteiger partial charge in [-0.15, -0.1) is 0 Å². The molecule has 0 aliphatic rings. The summed E-state index contributed by atoms with van der Waals surface area (Å²) < 4.78 is 29.4. The van der Waals surface area contributed by atoms with Crippen LogP contribution in [-0.2, 0) is 10.3 Å². The number of rotatable bonds is 1. The second-order valence-electron chi connectivity index (χ2n) is 1.47. The van der Waals surface area contributed by atoms with E-state index in [4.69, 9.17) is 16.2 Å². The van der Waals surface area contributed by atoms with Crippen LogP contribution in [0.15, 0.2) is 12.4 Å². The van der Waals surface area contributed by atoms with E-state index in [1.165, 1.54) is 0 Å². The molecule has 0 unspecified atom stereocenters. The van der Waals surface area contributed by atoms with Gasteiger partial charge in [0, 0.05) is 12.4 Å². The molecule has 5 nitrogen and oxygen atoms in total. The summed E-state index contributed by atoms with van der Waals surface area (Å²) in [4.78, 5) is 3.37. The molecule has 0 amide bonds. The molecule has 0 atom stereocenters. The lowest BCUT2D eigenvalue weighted by Crippen LogP contribution is -2.09. The Hall–Kier alpha value is -0.590. The Labute approximate surface area is 62.1 Å². The zero-order valence-corrected chi connectivity index (χ0v) is 6.17. The Morgan fingerprint density at radius 1 is 1.70 bits per heavy atom. The van der Waals surface area contributed by atoms with E-state index in [1.54, 1.807) is 0 Å². The minimum Gasteiger partial charge on any atom is -0.269 e. The van der Waals surface area contributed by atoms with E-state index >= 15 is 0 Å². The molecule has 0 aliphatic carbocycles. The molecule has 0 spiro atoms. The van der Waals surface area contributed by atoms with Crippen molar-refractivity contribution in [2.45, 2.75) is 0 Å². The van der Waals surface area contributed by atoms with Gasteiger partial charge in [-0.25, -0.2) is 4.98 Å². The van der Waals surface area contributed by atoms with Crippen LogP contribution in [0.2, 0.25) is 5.28 Å². The molecule has 0 radical (unpaired) electrons. The number of imidazole rings is 1. The second kappa shape index (κ2) is 2.22. The third-order valence-corrected chi connectivity index (χ3v) is 1.99. The molecule has 0 saturated heterocycles. The number of hydrogen-bond donors (Lipinski definition) is 1. The molecular formula is C3H3ClN2O3S. The lowest BCUT2D eigenvalue weighted by molar-refractivity contribution is 0.472. The molecule has 10 heavy (non-hydrogen) atoms. The van der Waals surface area contributed by atoms with Crippen LogP contribution in [0.4, 0.5) is 0 Å². The largest absolute Gasteiger partial charge is 0.365 e. The first kappa shape index (κ1) is 7.52. The van der Waals surface area contributed by atoms with E-state index in [-0.39, 0.29) is 5.28 Å². The van der Waals surface area contributed by atoms with Crippen LogP contribution in [0.5, 0.6) is 0 Å². The third-order valence-electron chi connectivity index (χ3n) is 0.814. The standard InChI is InChI=1S/C3H3ClN2O3S/c4-3-5-1-2-6(3)10(7,8)9/h1-2H,(H,7,8,9). The molecule has 1 aromatic heterocycles. The Morgan fingerprint density at radius 2 is 2.30 bits per heavy atom. The van der Waals surface area contributed by atoms with Crippen molar-refractivity contribution in [3.05, 3.63) is 17.7 Å². The van der Waals surface area contributed by atoms with Crippen molar-refractivity contribution in [3.8, 4) is 0 Å². The second-order valence-corrected chi connectivity index (χ2v) is 3.10. The molecule has 1 N–H and O–H groups in total. The summed E-state index contributed by atoms with van der Waals surface area (Å²) in [5, 5.41) is -0.289. The summed E-state index contributed by atoms with van der Waals surface area (Å²) >= 11 is 5.24. The zero-order chi connectivity index (χ0) is 7.78. The van der Waals surface area contributed by atoms with Crippen molar-refractivity contribution in [3.63, 3.8) is 0 Å². The fourth-order valence-electron chi connectivity index (χ4n) is 0.446. The van der Waals surface area contributed by atoms with E-state index in [1.807, 2.05) is 0 Å². The molecule has 0 aromatic carbocycles. The summed E-state index contributed by atoms with van der Waals surface area (Å²) in [5.74, 6) is 0. The predicted molar refractivity (Wildman–Crippen MR) is 34.2 cm³/mol. The molecule has 0 fully saturated rings. The minimum absolute atomic E-state index is 0.289.